The van der Waals surface area contributed by atoms with Crippen LogP contribution < -0.4 is 0 Å². The molecule has 0 aliphatic heterocycles. The molecule has 0 amide bonds. The van der Waals surface area contributed by atoms with E-state index in [1.165, 1.54) is 47.4 Å². The zero-order valence-corrected chi connectivity index (χ0v) is 12.5. The summed E-state index contributed by atoms with van der Waals surface area (Å²) in [7, 11) is 0. The molecule has 104 valence electrons. The summed E-state index contributed by atoms with van der Waals surface area (Å²) in [6.07, 6.45) is 6.66. The molecule has 2 aromatic rings. The number of rotatable bonds is 4. The SMILES string of the molecule is c1ccc(-c2ccc(COC34CCC(CC3)C4)s2)cc1. The number of fused-ring (bicyclic) bond motifs is 2. The van der Waals surface area contributed by atoms with Crippen molar-refractivity contribution in [3.8, 4) is 10.4 Å². The van der Waals surface area contributed by atoms with Crippen LogP contribution in [0.1, 0.15) is 37.0 Å². The molecule has 20 heavy (non-hydrogen) atoms. The average Bonchev–Trinajstić information content (AvgIpc) is 3.22. The van der Waals surface area contributed by atoms with E-state index < -0.39 is 0 Å². The highest BCUT2D eigenvalue weighted by Gasteiger charge is 2.45. The minimum absolute atomic E-state index is 0.238. The normalized spacial score (nSPS) is 28.1. The van der Waals surface area contributed by atoms with Crippen LogP contribution in [-0.2, 0) is 11.3 Å². The van der Waals surface area contributed by atoms with Crippen molar-refractivity contribution in [3.05, 3.63) is 47.3 Å². The van der Waals surface area contributed by atoms with Crippen LogP contribution in [0, 0.1) is 5.92 Å². The van der Waals surface area contributed by atoms with Crippen LogP contribution >= 0.6 is 11.3 Å². The summed E-state index contributed by atoms with van der Waals surface area (Å²) < 4.78 is 6.33. The predicted octanol–water partition coefficient (Wildman–Crippen LogP) is 5.26. The average molecular weight is 284 g/mol. The molecule has 0 radical (unpaired) electrons. The van der Waals surface area contributed by atoms with E-state index >= 15 is 0 Å². The number of benzene rings is 1. The van der Waals surface area contributed by atoms with Crippen molar-refractivity contribution < 1.29 is 4.74 Å². The van der Waals surface area contributed by atoms with E-state index in [4.69, 9.17) is 4.74 Å². The molecule has 1 nitrogen and oxygen atoms in total. The second-order valence-corrected chi connectivity index (χ2v) is 7.42. The Morgan fingerprint density at radius 2 is 1.85 bits per heavy atom. The van der Waals surface area contributed by atoms with Gasteiger partial charge in [0.05, 0.1) is 12.2 Å². The Kier molecular flexibility index (Phi) is 3.16. The third-order valence-corrected chi connectivity index (χ3v) is 6.03. The van der Waals surface area contributed by atoms with Gasteiger partial charge in [0.25, 0.3) is 0 Å². The van der Waals surface area contributed by atoms with Crippen LogP contribution in [0.5, 0.6) is 0 Å². The van der Waals surface area contributed by atoms with Crippen molar-refractivity contribution in [1.29, 1.82) is 0 Å². The van der Waals surface area contributed by atoms with Crippen LogP contribution in [0.25, 0.3) is 10.4 Å². The lowest BCUT2D eigenvalue weighted by Gasteiger charge is -2.26. The van der Waals surface area contributed by atoms with E-state index in [0.29, 0.717) is 0 Å². The van der Waals surface area contributed by atoms with Gasteiger partial charge in [-0.15, -0.1) is 11.3 Å². The Hall–Kier alpha value is -1.12. The maximum Gasteiger partial charge on any atom is 0.0817 e. The number of thiophene rings is 1. The van der Waals surface area contributed by atoms with Gasteiger partial charge in [-0.05, 0) is 55.7 Å². The third kappa shape index (κ3) is 2.32. The van der Waals surface area contributed by atoms with E-state index in [1.54, 1.807) is 0 Å². The van der Waals surface area contributed by atoms with Gasteiger partial charge in [0.15, 0.2) is 0 Å². The minimum Gasteiger partial charge on any atom is -0.369 e. The Bertz CT molecular complexity index is 578. The molecule has 2 saturated carbocycles. The van der Waals surface area contributed by atoms with E-state index in [0.717, 1.165) is 12.5 Å². The Labute approximate surface area is 124 Å². The smallest absolute Gasteiger partial charge is 0.0817 e. The number of hydrogen-bond acceptors (Lipinski definition) is 2. The highest BCUT2D eigenvalue weighted by atomic mass is 32.1. The summed E-state index contributed by atoms with van der Waals surface area (Å²) >= 11 is 1.87. The van der Waals surface area contributed by atoms with Crippen LogP contribution in [0.15, 0.2) is 42.5 Å². The molecule has 0 unspecified atom stereocenters. The summed E-state index contributed by atoms with van der Waals surface area (Å²) in [5.74, 6) is 0.957. The van der Waals surface area contributed by atoms with Crippen LogP contribution in [0.3, 0.4) is 0 Å². The van der Waals surface area contributed by atoms with Gasteiger partial charge < -0.3 is 4.74 Å². The minimum atomic E-state index is 0.238. The van der Waals surface area contributed by atoms with Crippen LogP contribution in [0.2, 0.25) is 0 Å². The van der Waals surface area contributed by atoms with E-state index in [1.807, 2.05) is 11.3 Å². The molecule has 0 spiro atoms. The molecule has 2 fully saturated rings. The first-order valence-corrected chi connectivity index (χ1v) is 8.43. The fourth-order valence-electron chi connectivity index (χ4n) is 3.78. The Morgan fingerprint density at radius 1 is 1.05 bits per heavy atom. The molecule has 2 aliphatic carbocycles. The van der Waals surface area contributed by atoms with Crippen molar-refractivity contribution in [2.75, 3.05) is 0 Å². The van der Waals surface area contributed by atoms with Gasteiger partial charge in [-0.3, -0.25) is 0 Å². The molecule has 2 aliphatic rings. The zero-order valence-electron chi connectivity index (χ0n) is 11.7. The standard InChI is InChI=1S/C18H20OS/c1-2-4-15(5-3-1)17-7-6-16(20-17)13-19-18-10-8-14(12-18)9-11-18/h1-7,14H,8-13H2. The summed E-state index contributed by atoms with van der Waals surface area (Å²) in [6.45, 7) is 0.796. The summed E-state index contributed by atoms with van der Waals surface area (Å²) in [4.78, 5) is 2.70. The lowest BCUT2D eigenvalue weighted by Crippen LogP contribution is -2.26. The first-order chi connectivity index (χ1) is 9.83. The summed E-state index contributed by atoms with van der Waals surface area (Å²) in [6, 6.07) is 15.1. The van der Waals surface area contributed by atoms with E-state index in [2.05, 4.69) is 42.5 Å². The first-order valence-electron chi connectivity index (χ1n) is 7.61. The molecular weight excluding hydrogens is 264 g/mol. The predicted molar refractivity (Wildman–Crippen MR) is 83.9 cm³/mol. The lowest BCUT2D eigenvalue weighted by molar-refractivity contribution is -0.0473. The molecule has 0 atom stereocenters. The highest BCUT2D eigenvalue weighted by Crippen LogP contribution is 2.50. The van der Waals surface area contributed by atoms with Crippen molar-refractivity contribution in [3.63, 3.8) is 0 Å². The van der Waals surface area contributed by atoms with E-state index in [9.17, 15) is 0 Å². The van der Waals surface area contributed by atoms with Gasteiger partial charge in [-0.25, -0.2) is 0 Å². The van der Waals surface area contributed by atoms with Crippen LogP contribution in [0.4, 0.5) is 0 Å². The van der Waals surface area contributed by atoms with Crippen molar-refractivity contribution >= 4 is 11.3 Å². The van der Waals surface area contributed by atoms with Gasteiger partial charge in [-0.2, -0.15) is 0 Å². The lowest BCUT2D eigenvalue weighted by atomic mass is 9.97. The first kappa shape index (κ1) is 12.6. The summed E-state index contributed by atoms with van der Waals surface area (Å²) in [5, 5.41) is 0. The van der Waals surface area contributed by atoms with Gasteiger partial charge in [0.2, 0.25) is 0 Å². The van der Waals surface area contributed by atoms with Crippen molar-refractivity contribution in [2.45, 2.75) is 44.3 Å². The van der Waals surface area contributed by atoms with Gasteiger partial charge >= 0.3 is 0 Å². The quantitative estimate of drug-likeness (QED) is 0.743. The van der Waals surface area contributed by atoms with Crippen LogP contribution in [-0.4, -0.2) is 5.60 Å². The number of hydrogen-bond donors (Lipinski definition) is 0. The second-order valence-electron chi connectivity index (χ2n) is 6.25. The fourth-order valence-corrected chi connectivity index (χ4v) is 4.70. The topological polar surface area (TPSA) is 9.23 Å². The molecule has 2 heteroatoms. The molecule has 0 saturated heterocycles. The number of ether oxygens (including phenoxy) is 1. The molecule has 2 bridgehead atoms. The monoisotopic (exact) mass is 284 g/mol. The third-order valence-electron chi connectivity index (χ3n) is 4.92. The second kappa shape index (κ2) is 5.01. The fraction of sp³-hybridized carbons (Fsp3) is 0.444. The van der Waals surface area contributed by atoms with Crippen molar-refractivity contribution in [2.24, 2.45) is 5.92 Å². The molecule has 4 rings (SSSR count). The molecule has 0 N–H and O–H groups in total. The largest absolute Gasteiger partial charge is 0.369 e. The highest BCUT2D eigenvalue weighted by molar-refractivity contribution is 7.15. The van der Waals surface area contributed by atoms with Gasteiger partial charge in [0.1, 0.15) is 0 Å². The molecular formula is C18H20OS. The van der Waals surface area contributed by atoms with Gasteiger partial charge in [0, 0.05) is 9.75 Å². The molecule has 1 heterocycles. The Morgan fingerprint density at radius 3 is 2.55 bits per heavy atom. The zero-order chi connectivity index (χ0) is 13.4. The maximum absolute atomic E-state index is 6.33. The van der Waals surface area contributed by atoms with Gasteiger partial charge in [-0.1, -0.05) is 30.3 Å². The molecule has 1 aromatic carbocycles. The maximum atomic E-state index is 6.33. The van der Waals surface area contributed by atoms with E-state index in [-0.39, 0.29) is 5.60 Å². The summed E-state index contributed by atoms with van der Waals surface area (Å²) in [5.41, 5.74) is 1.55. The Balaban J connectivity index is 1.44. The van der Waals surface area contributed by atoms with Crippen molar-refractivity contribution in [1.82, 2.24) is 0 Å². The molecule has 1 aromatic heterocycles.